The Morgan fingerprint density at radius 1 is 0.407 bits per heavy atom. The number of fused-ring (bicyclic) bond motifs is 2. The number of anilines is 2. The number of hydrogen-bond acceptors (Lipinski definition) is 16. The number of hydrogen-bond donors (Lipinski definition) is 1. The molecular weight excluding hydrogens is 1490 g/mol. The molecule has 4 unspecified atom stereocenters. The van der Waals surface area contributed by atoms with E-state index >= 15 is 28.8 Å². The third-order valence-corrected chi connectivity index (χ3v) is 24.4. The van der Waals surface area contributed by atoms with E-state index in [4.69, 9.17) is 28.4 Å². The molecule has 6 aliphatic rings. The Kier molecular flexibility index (Phi) is 21.3. The maximum absolute atomic E-state index is 16.7. The molecule has 4 atom stereocenters. The van der Waals surface area contributed by atoms with Gasteiger partial charge in [-0.1, -0.05) is 122 Å². The monoisotopic (exact) mass is 1580 g/mol. The maximum Gasteiger partial charge on any atom is 0.262 e. The summed E-state index contributed by atoms with van der Waals surface area (Å²) in [4.78, 5) is 136. The summed E-state index contributed by atoms with van der Waals surface area (Å²) in [5, 5.41) is 5.39. The smallest absolute Gasteiger partial charge is 0.262 e. The quantitative estimate of drug-likeness (QED) is 0.0166. The van der Waals surface area contributed by atoms with E-state index in [2.05, 4.69) is 15.1 Å². The number of epoxide rings is 2. The second-order valence-electron chi connectivity index (χ2n) is 32.5. The van der Waals surface area contributed by atoms with Gasteiger partial charge in [-0.25, -0.2) is 0 Å². The number of benzene rings is 11. The van der Waals surface area contributed by atoms with Crippen LogP contribution in [0.5, 0.6) is 46.0 Å². The molecule has 0 radical (unpaired) electrons. The normalized spacial score (nSPS) is 17.1. The van der Waals surface area contributed by atoms with Gasteiger partial charge in [0.25, 0.3) is 29.5 Å². The van der Waals surface area contributed by atoms with Crippen molar-refractivity contribution in [2.24, 2.45) is 11.8 Å². The van der Waals surface area contributed by atoms with Crippen LogP contribution in [0.1, 0.15) is 164 Å². The second kappa shape index (κ2) is 32.0. The lowest BCUT2D eigenvalue weighted by Crippen LogP contribution is -2.59. The van der Waals surface area contributed by atoms with Crippen molar-refractivity contribution in [3.8, 4) is 46.0 Å². The fraction of sp³-hybridized carbons (Fsp3) is 0.340. The molecule has 6 heterocycles. The van der Waals surface area contributed by atoms with Crippen molar-refractivity contribution in [1.29, 1.82) is 0 Å². The van der Waals surface area contributed by atoms with Gasteiger partial charge in [-0.15, -0.1) is 0 Å². The van der Waals surface area contributed by atoms with Crippen LogP contribution < -0.4 is 34.1 Å². The molecule has 1 N–H and O–H groups in total. The van der Waals surface area contributed by atoms with Gasteiger partial charge in [0.2, 0.25) is 11.8 Å². The number of rotatable bonds is 27. The van der Waals surface area contributed by atoms with E-state index in [0.717, 1.165) is 54.6 Å². The van der Waals surface area contributed by atoms with Crippen LogP contribution in [0.25, 0.3) is 43.1 Å². The molecule has 0 bridgehead atoms. The number of nitrogens with zero attached hydrogens (tertiary/aromatic N) is 6. The molecule has 0 spiro atoms. The Morgan fingerprint density at radius 3 is 1.05 bits per heavy atom. The standard InChI is InChI=1S/C97H97N7O14/c1-11-58-21-15-25-62(43-58)115-77-47-70-81-71(93(108)103(92(70)107)89(54(5)6)96(111)101-39-35-99(36-40-101)74-31-19-29-68(56(74)9)76(105)34-33-66-52-113-66)48-78(116-63-26-16-22-59(12-2)44-63)84-86-80(118-65-28-18-24-61(14-4)46-65)50-73-82-72(49-79(85(88(82)86)83(77)87(81)84)117-64-27-17-23-60(13-3)45-64)94(109)104(95(73)110)90(55(7)8)97(112)102-41-37-100(38-42-102)75-32-20-30-69(57(75)10)91(106)98-51-67-53-114-67/h15-32,43-50,54-55,66-67,89-90H,11-14,33-42,51-53H2,1-10H3,(H,98,106). The van der Waals surface area contributed by atoms with E-state index in [1.807, 2.05) is 197 Å². The van der Waals surface area contributed by atoms with Gasteiger partial charge >= 0.3 is 0 Å². The predicted molar refractivity (Wildman–Crippen MR) is 455 cm³/mol. The van der Waals surface area contributed by atoms with Gasteiger partial charge in [0.15, 0.2) is 5.78 Å². The van der Waals surface area contributed by atoms with Crippen LogP contribution in [0, 0.1) is 25.7 Å². The summed E-state index contributed by atoms with van der Waals surface area (Å²) in [6.07, 6.45) is 3.76. The van der Waals surface area contributed by atoms with Crippen LogP contribution in [0.2, 0.25) is 0 Å². The van der Waals surface area contributed by atoms with Crippen LogP contribution in [-0.2, 0) is 44.7 Å². The summed E-state index contributed by atoms with van der Waals surface area (Å²) >= 11 is 0. The van der Waals surface area contributed by atoms with Gasteiger partial charge in [-0.05, 0) is 182 Å². The minimum Gasteiger partial charge on any atom is -0.457 e. The Morgan fingerprint density at radius 2 is 0.729 bits per heavy atom. The van der Waals surface area contributed by atoms with Crippen molar-refractivity contribution < 1.29 is 66.8 Å². The molecule has 118 heavy (non-hydrogen) atoms. The Bertz CT molecular complexity index is 5340. The molecule has 4 saturated heterocycles. The summed E-state index contributed by atoms with van der Waals surface area (Å²) in [6.45, 7) is 23.7. The van der Waals surface area contributed by atoms with Crippen molar-refractivity contribution >= 4 is 102 Å². The molecule has 6 aliphatic heterocycles. The van der Waals surface area contributed by atoms with Gasteiger partial charge < -0.3 is 53.3 Å². The fourth-order valence-electron chi connectivity index (χ4n) is 17.9. The molecule has 11 aromatic rings. The Labute approximate surface area is 685 Å². The SMILES string of the molecule is CCc1cccc(Oc2cc3c4c(cc(Oc5cccc(CC)c5)c5c6c(Oc7cccc(CC)c7)cc7c8c(cc(Oc9cccc(CC)c9)c(c2c45)c86)C(=O)N(C(C(=O)N2CCN(c4cccc(C(=O)NCC5CO5)c4C)CC2)C(C)C)C7=O)C(=O)N(C(C(=O)N2CCN(c4cccc(C(=O)CCC5CO5)c4C)CC2)C(C)C)C3=O)c1. The largest absolute Gasteiger partial charge is 0.457 e. The number of ketones is 1. The van der Waals surface area contributed by atoms with Crippen LogP contribution in [0.3, 0.4) is 0 Å². The lowest BCUT2D eigenvalue weighted by Gasteiger charge is -2.42. The highest BCUT2D eigenvalue weighted by Gasteiger charge is 2.49. The third kappa shape index (κ3) is 14.4. The lowest BCUT2D eigenvalue weighted by molar-refractivity contribution is -0.137. The number of Topliss-reactive ketones (excluding diaryl/α,β-unsaturated/α-hetero) is 1. The molecule has 0 aromatic heterocycles. The highest BCUT2D eigenvalue weighted by Crippen LogP contribution is 2.59. The summed E-state index contributed by atoms with van der Waals surface area (Å²) < 4.78 is 40.4. The van der Waals surface area contributed by atoms with Gasteiger partial charge in [-0.3, -0.25) is 48.2 Å². The van der Waals surface area contributed by atoms with E-state index in [0.29, 0.717) is 151 Å². The van der Waals surface area contributed by atoms with E-state index in [1.54, 1.807) is 40.1 Å². The number of carbonyl (C=O) groups excluding carboxylic acids is 8. The van der Waals surface area contributed by atoms with E-state index in [-0.39, 0.29) is 106 Å². The van der Waals surface area contributed by atoms with Crippen LogP contribution >= 0.6 is 0 Å². The highest BCUT2D eigenvalue weighted by molar-refractivity contribution is 6.45. The molecule has 604 valence electrons. The fourth-order valence-corrected chi connectivity index (χ4v) is 17.9. The van der Waals surface area contributed by atoms with Crippen molar-refractivity contribution in [2.75, 3.05) is 81.9 Å². The first kappa shape index (κ1) is 78.3. The Hall–Kier alpha value is -12.2. The molecular formula is C97H97N7O14. The summed E-state index contributed by atoms with van der Waals surface area (Å²) in [6, 6.07) is 45.9. The number of imide groups is 2. The molecule has 4 fully saturated rings. The molecule has 17 rings (SSSR count). The van der Waals surface area contributed by atoms with Crippen LogP contribution in [0.4, 0.5) is 11.4 Å². The lowest BCUT2D eigenvalue weighted by atomic mass is 9.80. The van der Waals surface area contributed by atoms with Crippen molar-refractivity contribution in [3.05, 3.63) is 224 Å². The Balaban J connectivity index is 0.861. The molecule has 21 nitrogen and oxygen atoms in total. The number of nitrogens with one attached hydrogen (secondary N) is 1. The van der Waals surface area contributed by atoms with Gasteiger partial charge in [0.1, 0.15) is 58.1 Å². The summed E-state index contributed by atoms with van der Waals surface area (Å²) in [5.41, 5.74) is 8.58. The molecule has 0 saturated carbocycles. The zero-order valence-corrected chi connectivity index (χ0v) is 68.4. The number of amides is 7. The van der Waals surface area contributed by atoms with Crippen molar-refractivity contribution in [2.45, 2.75) is 132 Å². The summed E-state index contributed by atoms with van der Waals surface area (Å²) in [5.74, 6) is -3.07. The predicted octanol–water partition coefficient (Wildman–Crippen LogP) is 17.2. The third-order valence-electron chi connectivity index (χ3n) is 24.4. The molecule has 11 aromatic carbocycles. The average Bonchev–Trinajstić information content (AvgIpc) is 1.02. The molecule has 21 heteroatoms. The number of carbonyl (C=O) groups is 8. The zero-order chi connectivity index (χ0) is 82.2. The van der Waals surface area contributed by atoms with Gasteiger partial charge in [0, 0.05) is 131 Å². The van der Waals surface area contributed by atoms with E-state index < -0.39 is 59.4 Å². The van der Waals surface area contributed by atoms with Crippen LogP contribution in [-0.4, -0.2) is 163 Å². The van der Waals surface area contributed by atoms with Gasteiger partial charge in [-0.2, -0.15) is 0 Å². The number of aryl methyl sites for hydroxylation is 4. The molecule has 0 aliphatic carbocycles. The van der Waals surface area contributed by atoms with E-state index in [1.165, 1.54) is 0 Å². The average molecular weight is 1580 g/mol. The minimum absolute atomic E-state index is 0.0146. The first-order chi connectivity index (χ1) is 57.1. The van der Waals surface area contributed by atoms with Gasteiger partial charge in [0.05, 0.1) is 47.7 Å². The van der Waals surface area contributed by atoms with Crippen molar-refractivity contribution in [1.82, 2.24) is 24.9 Å². The number of ether oxygens (including phenoxy) is 6. The minimum atomic E-state index is -1.32. The highest BCUT2D eigenvalue weighted by atomic mass is 16.6. The van der Waals surface area contributed by atoms with Crippen molar-refractivity contribution in [3.63, 3.8) is 0 Å². The van der Waals surface area contributed by atoms with Crippen LogP contribution in [0.15, 0.2) is 158 Å². The topological polar surface area (TPSA) is 230 Å². The summed E-state index contributed by atoms with van der Waals surface area (Å²) in [7, 11) is 0. The first-order valence-corrected chi connectivity index (χ1v) is 41.6. The van der Waals surface area contributed by atoms with E-state index in [9.17, 15) is 9.59 Å². The number of piperazine rings is 2. The zero-order valence-electron chi connectivity index (χ0n) is 68.4. The molecule has 7 amide bonds. The first-order valence-electron chi connectivity index (χ1n) is 41.6. The second-order valence-corrected chi connectivity index (χ2v) is 32.5. The maximum atomic E-state index is 16.7.